The highest BCUT2D eigenvalue weighted by Gasteiger charge is 2.26. The summed E-state index contributed by atoms with van der Waals surface area (Å²) < 4.78 is 6.71. The predicted octanol–water partition coefficient (Wildman–Crippen LogP) is 5.14. The van der Waals surface area contributed by atoms with E-state index >= 15 is 0 Å². The molecule has 5 aromatic rings. The molecule has 2 aromatic heterocycles. The first kappa shape index (κ1) is 20.9. The van der Waals surface area contributed by atoms with E-state index in [1.165, 1.54) is 15.8 Å². The fraction of sp³-hybridized carbons (Fsp3) is 0.222. The summed E-state index contributed by atoms with van der Waals surface area (Å²) in [6.45, 7) is 6.61. The van der Waals surface area contributed by atoms with Crippen LogP contribution in [0.5, 0.6) is 0 Å². The van der Waals surface area contributed by atoms with E-state index < -0.39 is 5.63 Å². The Morgan fingerprint density at radius 3 is 2.59 bits per heavy atom. The molecule has 3 aromatic carbocycles. The molecule has 1 amide bonds. The molecule has 0 aliphatic carbocycles. The molecule has 6 rings (SSSR count). The van der Waals surface area contributed by atoms with E-state index in [0.29, 0.717) is 31.8 Å². The Morgan fingerprint density at radius 2 is 1.76 bits per heavy atom. The van der Waals surface area contributed by atoms with Crippen LogP contribution in [0, 0.1) is 13.8 Å². The van der Waals surface area contributed by atoms with Crippen LogP contribution in [-0.2, 0) is 0 Å². The van der Waals surface area contributed by atoms with E-state index in [-0.39, 0.29) is 11.5 Å². The highest BCUT2D eigenvalue weighted by atomic mass is 32.1. The lowest BCUT2D eigenvalue weighted by Crippen LogP contribution is -2.49. The fourth-order valence-corrected chi connectivity index (χ4v) is 5.72. The van der Waals surface area contributed by atoms with Crippen molar-refractivity contribution in [3.8, 4) is 0 Å². The van der Waals surface area contributed by atoms with Crippen molar-refractivity contribution < 1.29 is 9.21 Å². The lowest BCUT2D eigenvalue weighted by Gasteiger charge is -2.34. The molecule has 1 aliphatic rings. The normalized spacial score (nSPS) is 14.4. The van der Waals surface area contributed by atoms with Gasteiger partial charge in [-0.05, 0) is 53.9 Å². The number of hydrogen-bond donors (Lipinski definition) is 0. The number of fused-ring (bicyclic) bond motifs is 4. The standard InChI is InChI=1S/C27H23N3O3S/c1-16-7-10-23-24(17(16)2)28-27(34-23)30-13-11-29(12-14-30)25(31)21-15-20-19-6-4-3-5-18(19)8-9-22(20)33-26(21)32/h3-10,15H,11-14H2,1-2H3. The molecule has 170 valence electrons. The Balaban J connectivity index is 1.26. The maximum Gasteiger partial charge on any atom is 0.349 e. The van der Waals surface area contributed by atoms with Gasteiger partial charge >= 0.3 is 5.63 Å². The molecule has 0 unspecified atom stereocenters. The highest BCUT2D eigenvalue weighted by Crippen LogP contribution is 2.32. The number of nitrogens with zero attached hydrogens (tertiary/aromatic N) is 3. The number of rotatable bonds is 2. The topological polar surface area (TPSA) is 66.7 Å². The fourth-order valence-electron chi connectivity index (χ4n) is 4.64. The molecule has 34 heavy (non-hydrogen) atoms. The quantitative estimate of drug-likeness (QED) is 0.265. The van der Waals surface area contributed by atoms with Crippen molar-refractivity contribution in [2.75, 3.05) is 31.1 Å². The predicted molar refractivity (Wildman–Crippen MR) is 137 cm³/mol. The molecule has 1 saturated heterocycles. The van der Waals surface area contributed by atoms with E-state index in [0.717, 1.165) is 26.8 Å². The first-order valence-electron chi connectivity index (χ1n) is 11.4. The third-order valence-corrected chi connectivity index (χ3v) is 7.86. The number of aromatic nitrogens is 1. The molecule has 0 N–H and O–H groups in total. The van der Waals surface area contributed by atoms with Crippen LogP contribution in [0.2, 0.25) is 0 Å². The largest absolute Gasteiger partial charge is 0.422 e. The van der Waals surface area contributed by atoms with Gasteiger partial charge in [0.15, 0.2) is 5.13 Å². The van der Waals surface area contributed by atoms with Gasteiger partial charge in [0.2, 0.25) is 0 Å². The van der Waals surface area contributed by atoms with Gasteiger partial charge < -0.3 is 14.2 Å². The van der Waals surface area contributed by atoms with Crippen LogP contribution in [0.1, 0.15) is 21.5 Å². The van der Waals surface area contributed by atoms with Crippen LogP contribution in [0.4, 0.5) is 5.13 Å². The summed E-state index contributed by atoms with van der Waals surface area (Å²) in [5.41, 5.74) is 3.49. The molecular weight excluding hydrogens is 446 g/mol. The summed E-state index contributed by atoms with van der Waals surface area (Å²) >= 11 is 1.68. The van der Waals surface area contributed by atoms with Crippen molar-refractivity contribution in [1.29, 1.82) is 0 Å². The number of thiazole rings is 1. The average molecular weight is 470 g/mol. The smallest absolute Gasteiger partial charge is 0.349 e. The van der Waals surface area contributed by atoms with E-state index in [1.54, 1.807) is 28.4 Å². The zero-order valence-electron chi connectivity index (χ0n) is 19.0. The second-order valence-electron chi connectivity index (χ2n) is 8.78. The van der Waals surface area contributed by atoms with Crippen LogP contribution >= 0.6 is 11.3 Å². The summed E-state index contributed by atoms with van der Waals surface area (Å²) in [5.74, 6) is -0.279. The first-order chi connectivity index (χ1) is 16.5. The summed E-state index contributed by atoms with van der Waals surface area (Å²) in [6.07, 6.45) is 0. The Labute approximate surface area is 200 Å². The van der Waals surface area contributed by atoms with Gasteiger partial charge in [0.1, 0.15) is 11.1 Å². The van der Waals surface area contributed by atoms with E-state index in [1.807, 2.05) is 30.3 Å². The number of aryl methyl sites for hydroxylation is 2. The Bertz CT molecular complexity index is 1640. The van der Waals surface area contributed by atoms with Crippen molar-refractivity contribution in [2.24, 2.45) is 0 Å². The molecule has 3 heterocycles. The van der Waals surface area contributed by atoms with E-state index in [9.17, 15) is 9.59 Å². The Kier molecular flexibility index (Phi) is 4.88. The van der Waals surface area contributed by atoms with Gasteiger partial charge in [-0.25, -0.2) is 9.78 Å². The van der Waals surface area contributed by atoms with Crippen molar-refractivity contribution in [3.05, 3.63) is 81.7 Å². The third kappa shape index (κ3) is 3.35. The zero-order chi connectivity index (χ0) is 23.4. The molecule has 1 aliphatic heterocycles. The number of benzene rings is 3. The average Bonchev–Trinajstić information content (AvgIpc) is 3.31. The molecule has 6 nitrogen and oxygen atoms in total. The number of amides is 1. The van der Waals surface area contributed by atoms with Gasteiger partial charge in [-0.2, -0.15) is 0 Å². The van der Waals surface area contributed by atoms with Gasteiger partial charge in [0.05, 0.1) is 10.2 Å². The number of piperazine rings is 1. The van der Waals surface area contributed by atoms with Crippen LogP contribution in [0.25, 0.3) is 32.0 Å². The molecule has 0 saturated carbocycles. The van der Waals surface area contributed by atoms with Crippen molar-refractivity contribution in [1.82, 2.24) is 9.88 Å². The monoisotopic (exact) mass is 469 g/mol. The van der Waals surface area contributed by atoms with E-state index in [2.05, 4.69) is 30.9 Å². The second-order valence-corrected chi connectivity index (χ2v) is 9.79. The maximum atomic E-state index is 13.3. The number of carbonyl (C=O) groups excluding carboxylic acids is 1. The molecule has 0 spiro atoms. The third-order valence-electron chi connectivity index (χ3n) is 6.78. The van der Waals surface area contributed by atoms with Crippen LogP contribution in [0.15, 0.2) is 63.8 Å². The SMILES string of the molecule is Cc1ccc2sc(N3CCN(C(=O)c4cc5c(ccc6ccccc65)oc4=O)CC3)nc2c1C. The molecule has 1 fully saturated rings. The minimum absolute atomic E-state index is 0.0865. The number of hydrogen-bond acceptors (Lipinski definition) is 6. The summed E-state index contributed by atoms with van der Waals surface area (Å²) in [7, 11) is 0. The highest BCUT2D eigenvalue weighted by molar-refractivity contribution is 7.22. The minimum atomic E-state index is -0.591. The van der Waals surface area contributed by atoms with Gasteiger partial charge in [-0.3, -0.25) is 4.79 Å². The zero-order valence-corrected chi connectivity index (χ0v) is 19.8. The summed E-state index contributed by atoms with van der Waals surface area (Å²) in [5, 5.41) is 3.76. The lowest BCUT2D eigenvalue weighted by molar-refractivity contribution is 0.0742. The first-order valence-corrected chi connectivity index (χ1v) is 12.2. The van der Waals surface area contributed by atoms with Crippen LogP contribution in [0.3, 0.4) is 0 Å². The molecule has 0 bridgehead atoms. The van der Waals surface area contributed by atoms with Crippen molar-refractivity contribution >= 4 is 54.3 Å². The molecule has 0 radical (unpaired) electrons. The van der Waals surface area contributed by atoms with Gasteiger partial charge in [-0.1, -0.05) is 47.7 Å². The van der Waals surface area contributed by atoms with Gasteiger partial charge in [0, 0.05) is 31.6 Å². The lowest BCUT2D eigenvalue weighted by atomic mass is 10.0. The van der Waals surface area contributed by atoms with E-state index in [4.69, 9.17) is 9.40 Å². The van der Waals surface area contributed by atoms with Crippen LogP contribution in [-0.4, -0.2) is 42.0 Å². The Morgan fingerprint density at radius 1 is 0.971 bits per heavy atom. The summed E-state index contributed by atoms with van der Waals surface area (Å²) in [4.78, 5) is 34.8. The molecular formula is C27H23N3O3S. The van der Waals surface area contributed by atoms with Crippen LogP contribution < -0.4 is 10.5 Å². The maximum absolute atomic E-state index is 13.3. The Hall–Kier alpha value is -3.71. The molecule has 7 heteroatoms. The van der Waals surface area contributed by atoms with Crippen molar-refractivity contribution in [2.45, 2.75) is 13.8 Å². The number of carbonyl (C=O) groups is 1. The van der Waals surface area contributed by atoms with Gasteiger partial charge in [-0.15, -0.1) is 0 Å². The second kappa shape index (κ2) is 7.95. The number of anilines is 1. The van der Waals surface area contributed by atoms with Crippen molar-refractivity contribution in [3.63, 3.8) is 0 Å². The summed E-state index contributed by atoms with van der Waals surface area (Å²) in [6, 6.07) is 17.6. The van der Waals surface area contributed by atoms with Gasteiger partial charge in [0.25, 0.3) is 5.91 Å². The minimum Gasteiger partial charge on any atom is -0.422 e. The molecule has 0 atom stereocenters.